The van der Waals surface area contributed by atoms with Crippen LogP contribution in [0.4, 0.5) is 11.4 Å². The topological polar surface area (TPSA) is 160 Å². The van der Waals surface area contributed by atoms with E-state index in [1.54, 1.807) is 6.07 Å². The molecule has 0 spiro atoms. The minimum Gasteiger partial charge on any atom is -0.508 e. The second-order valence-electron chi connectivity index (χ2n) is 6.50. The first-order chi connectivity index (χ1) is 15.0. The Morgan fingerprint density at radius 1 is 1.16 bits per heavy atom. The lowest BCUT2D eigenvalue weighted by Crippen LogP contribution is -2.18. The summed E-state index contributed by atoms with van der Waals surface area (Å²) in [5.74, 6) is -2.75. The lowest BCUT2D eigenvalue weighted by atomic mass is 10.1. The van der Waals surface area contributed by atoms with E-state index in [0.29, 0.717) is 0 Å². The molecule has 0 bridgehead atoms. The van der Waals surface area contributed by atoms with Crippen LogP contribution in [-0.2, 0) is 9.53 Å². The van der Waals surface area contributed by atoms with Crippen molar-refractivity contribution in [3.63, 3.8) is 0 Å². The summed E-state index contributed by atoms with van der Waals surface area (Å²) in [5, 5.41) is 30.7. The number of nitro groups is 1. The van der Waals surface area contributed by atoms with Crippen molar-refractivity contribution in [1.82, 2.24) is 0 Å². The average Bonchev–Trinajstić information content (AvgIpc) is 2.71. The standard InChI is InChI=1S/C21H18ClN3O7/c1-11(23)19(12(2)26)18(27)10-32-21(29)15-5-3-4-6-17(15)24-20(28)14-8-7-13(25(30)31)9-16(14)22/h3-9,23,27H,10H2,1-2H3,(H,24,28)/b19-18-,23-11?. The van der Waals surface area contributed by atoms with Crippen molar-refractivity contribution in [3.8, 4) is 0 Å². The van der Waals surface area contributed by atoms with Gasteiger partial charge in [0.25, 0.3) is 11.6 Å². The van der Waals surface area contributed by atoms with E-state index >= 15 is 0 Å². The van der Waals surface area contributed by atoms with Gasteiger partial charge in [-0.15, -0.1) is 0 Å². The van der Waals surface area contributed by atoms with Crippen LogP contribution in [0.15, 0.2) is 53.8 Å². The molecule has 0 saturated heterocycles. The monoisotopic (exact) mass is 459 g/mol. The summed E-state index contributed by atoms with van der Waals surface area (Å²) < 4.78 is 5.02. The molecule has 0 atom stereocenters. The predicted octanol–water partition coefficient (Wildman–Crippen LogP) is 4.10. The Kier molecular flexibility index (Phi) is 7.81. The lowest BCUT2D eigenvalue weighted by Gasteiger charge is -2.12. The van der Waals surface area contributed by atoms with Crippen LogP contribution in [-0.4, -0.2) is 40.0 Å². The van der Waals surface area contributed by atoms with Crippen molar-refractivity contribution in [2.45, 2.75) is 13.8 Å². The fourth-order valence-corrected chi connectivity index (χ4v) is 2.99. The second kappa shape index (κ2) is 10.3. The highest BCUT2D eigenvalue weighted by atomic mass is 35.5. The molecule has 11 heteroatoms. The molecule has 0 aliphatic rings. The van der Waals surface area contributed by atoms with Gasteiger partial charge in [-0.25, -0.2) is 4.79 Å². The molecule has 0 saturated carbocycles. The zero-order chi connectivity index (χ0) is 24.0. The van der Waals surface area contributed by atoms with Gasteiger partial charge in [0, 0.05) is 17.8 Å². The highest BCUT2D eigenvalue weighted by Gasteiger charge is 2.20. The maximum Gasteiger partial charge on any atom is 0.340 e. The number of aliphatic hydroxyl groups excluding tert-OH is 1. The van der Waals surface area contributed by atoms with Gasteiger partial charge in [0.2, 0.25) is 0 Å². The van der Waals surface area contributed by atoms with Gasteiger partial charge in [0.1, 0.15) is 12.4 Å². The van der Waals surface area contributed by atoms with Crippen LogP contribution >= 0.6 is 11.6 Å². The first kappa shape index (κ1) is 24.2. The summed E-state index contributed by atoms with van der Waals surface area (Å²) in [5.41, 5.74) is -0.758. The number of anilines is 1. The van der Waals surface area contributed by atoms with Gasteiger partial charge in [-0.2, -0.15) is 0 Å². The predicted molar refractivity (Wildman–Crippen MR) is 117 cm³/mol. The van der Waals surface area contributed by atoms with Gasteiger partial charge in [0.15, 0.2) is 5.78 Å². The van der Waals surface area contributed by atoms with E-state index in [1.807, 2.05) is 0 Å². The van der Waals surface area contributed by atoms with Crippen LogP contribution in [0.2, 0.25) is 5.02 Å². The third-order valence-electron chi connectivity index (χ3n) is 4.16. The van der Waals surface area contributed by atoms with E-state index in [-0.39, 0.29) is 38.8 Å². The largest absolute Gasteiger partial charge is 0.508 e. The number of allylic oxidation sites excluding steroid dienone is 1. The molecule has 0 fully saturated rings. The number of esters is 1. The van der Waals surface area contributed by atoms with Gasteiger partial charge < -0.3 is 20.6 Å². The number of nitro benzene ring substituents is 1. The Balaban J connectivity index is 2.22. The number of benzene rings is 2. The average molecular weight is 460 g/mol. The van der Waals surface area contributed by atoms with Crippen LogP contribution in [0.3, 0.4) is 0 Å². The number of carbonyl (C=O) groups is 3. The maximum absolute atomic E-state index is 12.6. The Hall–Kier alpha value is -4.05. The van der Waals surface area contributed by atoms with Gasteiger partial charge in [-0.3, -0.25) is 19.7 Å². The van der Waals surface area contributed by atoms with Crippen LogP contribution in [0.1, 0.15) is 34.6 Å². The molecule has 2 rings (SSSR count). The van der Waals surface area contributed by atoms with E-state index in [2.05, 4.69) is 5.32 Å². The summed E-state index contributed by atoms with van der Waals surface area (Å²) in [7, 11) is 0. The first-order valence-electron chi connectivity index (χ1n) is 9.03. The van der Waals surface area contributed by atoms with E-state index in [0.717, 1.165) is 12.1 Å². The van der Waals surface area contributed by atoms with E-state index in [1.165, 1.54) is 38.1 Å². The molecule has 166 valence electrons. The number of amides is 1. The van der Waals surface area contributed by atoms with E-state index < -0.39 is 34.9 Å². The number of ether oxygens (including phenoxy) is 1. The van der Waals surface area contributed by atoms with Crippen LogP contribution in [0.25, 0.3) is 0 Å². The fourth-order valence-electron chi connectivity index (χ4n) is 2.73. The molecule has 1 amide bonds. The SMILES string of the molecule is CC(=N)/C(C(C)=O)=C(/O)COC(=O)c1ccccc1NC(=O)c1ccc([N+](=O)[O-])cc1Cl. The maximum atomic E-state index is 12.6. The first-order valence-corrected chi connectivity index (χ1v) is 9.40. The minimum absolute atomic E-state index is 0.0476. The summed E-state index contributed by atoms with van der Waals surface area (Å²) in [4.78, 5) is 46.8. The molecule has 0 aliphatic heterocycles. The number of rotatable bonds is 8. The number of halogens is 1. The summed E-state index contributed by atoms with van der Waals surface area (Å²) >= 11 is 5.97. The Morgan fingerprint density at radius 3 is 2.38 bits per heavy atom. The third-order valence-corrected chi connectivity index (χ3v) is 4.47. The molecule has 2 aromatic rings. The fraction of sp³-hybridized carbons (Fsp3) is 0.143. The number of para-hydroxylation sites is 1. The Labute approximate surface area is 187 Å². The normalized spacial score (nSPS) is 11.2. The number of hydrogen-bond acceptors (Lipinski definition) is 8. The molecule has 3 N–H and O–H groups in total. The third kappa shape index (κ3) is 5.76. The van der Waals surface area contributed by atoms with Crippen molar-refractivity contribution in [1.29, 1.82) is 5.41 Å². The lowest BCUT2D eigenvalue weighted by molar-refractivity contribution is -0.384. The summed E-state index contributed by atoms with van der Waals surface area (Å²) in [6.07, 6.45) is 0. The van der Waals surface area contributed by atoms with Crippen molar-refractivity contribution in [2.24, 2.45) is 0 Å². The number of non-ortho nitro benzene ring substituents is 1. The molecule has 32 heavy (non-hydrogen) atoms. The van der Waals surface area contributed by atoms with Gasteiger partial charge in [-0.1, -0.05) is 23.7 Å². The van der Waals surface area contributed by atoms with Gasteiger partial charge in [-0.05, 0) is 32.0 Å². The van der Waals surface area contributed by atoms with Crippen LogP contribution in [0, 0.1) is 15.5 Å². The number of carbonyl (C=O) groups excluding carboxylic acids is 3. The number of hydrogen-bond donors (Lipinski definition) is 3. The van der Waals surface area contributed by atoms with Gasteiger partial charge in [0.05, 0.1) is 32.3 Å². The van der Waals surface area contributed by atoms with E-state index in [4.69, 9.17) is 21.7 Å². The zero-order valence-electron chi connectivity index (χ0n) is 17.0. The molecule has 10 nitrogen and oxygen atoms in total. The quantitative estimate of drug-likeness (QED) is 0.134. The molecule has 0 radical (unpaired) electrons. The summed E-state index contributed by atoms with van der Waals surface area (Å²) in [6, 6.07) is 9.19. The zero-order valence-corrected chi connectivity index (χ0v) is 17.7. The van der Waals surface area contributed by atoms with Crippen LogP contribution in [0.5, 0.6) is 0 Å². The Morgan fingerprint density at radius 2 is 1.81 bits per heavy atom. The minimum atomic E-state index is -0.909. The number of aliphatic hydroxyl groups is 1. The molecular formula is C21H18ClN3O7. The number of Topliss-reactive ketones (excluding diaryl/α,β-unsaturated/α-hetero) is 1. The molecule has 0 aromatic heterocycles. The highest BCUT2D eigenvalue weighted by Crippen LogP contribution is 2.24. The highest BCUT2D eigenvalue weighted by molar-refractivity contribution is 6.34. The van der Waals surface area contributed by atoms with Crippen molar-refractivity contribution < 1.29 is 29.2 Å². The molecule has 0 aliphatic carbocycles. The number of nitrogens with one attached hydrogen (secondary N) is 2. The van der Waals surface area contributed by atoms with Crippen molar-refractivity contribution >= 4 is 46.3 Å². The summed E-state index contributed by atoms with van der Waals surface area (Å²) in [6.45, 7) is 1.82. The van der Waals surface area contributed by atoms with Gasteiger partial charge >= 0.3 is 5.97 Å². The smallest absolute Gasteiger partial charge is 0.340 e. The Bertz CT molecular complexity index is 1140. The molecule has 0 unspecified atom stereocenters. The number of ketones is 1. The molecular weight excluding hydrogens is 442 g/mol. The molecule has 0 heterocycles. The van der Waals surface area contributed by atoms with Crippen molar-refractivity contribution in [3.05, 3.63) is 80.1 Å². The van der Waals surface area contributed by atoms with Crippen molar-refractivity contribution in [2.75, 3.05) is 11.9 Å². The second-order valence-corrected chi connectivity index (χ2v) is 6.91. The number of nitrogens with zero attached hydrogens (tertiary/aromatic N) is 1. The van der Waals surface area contributed by atoms with E-state index in [9.17, 15) is 29.6 Å². The van der Waals surface area contributed by atoms with Crippen LogP contribution < -0.4 is 5.32 Å². The molecule has 2 aromatic carbocycles.